The van der Waals surface area contributed by atoms with E-state index in [0.29, 0.717) is 0 Å². The minimum absolute atomic E-state index is 0.770. The smallest absolute Gasteiger partial charge is 0.0507 e. The average molecular weight is 212 g/mol. The first-order valence-corrected chi connectivity index (χ1v) is 6.42. The number of rotatable bonds is 4. The molecule has 0 bridgehead atoms. The van der Waals surface area contributed by atoms with E-state index < -0.39 is 0 Å². The molecule has 3 heteroatoms. The molecule has 0 amide bonds. The molecule has 2 rings (SSSR count). The molecule has 0 aliphatic carbocycles. The zero-order chi connectivity index (χ0) is 10.5. The molecule has 2 aliphatic rings. The predicted molar refractivity (Wildman–Crippen MR) is 62.1 cm³/mol. The largest absolute Gasteiger partial charge is 0.381 e. The molecule has 0 aromatic carbocycles. The van der Waals surface area contributed by atoms with Crippen LogP contribution in [0.3, 0.4) is 0 Å². The van der Waals surface area contributed by atoms with Crippen molar-refractivity contribution in [1.82, 2.24) is 10.2 Å². The van der Waals surface area contributed by atoms with E-state index >= 15 is 0 Å². The van der Waals surface area contributed by atoms with E-state index in [1.54, 1.807) is 0 Å². The van der Waals surface area contributed by atoms with Gasteiger partial charge in [0.25, 0.3) is 0 Å². The van der Waals surface area contributed by atoms with Crippen molar-refractivity contribution in [2.75, 3.05) is 39.4 Å². The quantitative estimate of drug-likeness (QED) is 0.755. The molecule has 2 heterocycles. The summed E-state index contributed by atoms with van der Waals surface area (Å²) in [6.45, 7) is 9.09. The highest BCUT2D eigenvalue weighted by atomic mass is 16.5. The Morgan fingerprint density at radius 1 is 1.27 bits per heavy atom. The van der Waals surface area contributed by atoms with Gasteiger partial charge in [0.1, 0.15) is 0 Å². The van der Waals surface area contributed by atoms with E-state index in [4.69, 9.17) is 4.74 Å². The van der Waals surface area contributed by atoms with Gasteiger partial charge in [-0.25, -0.2) is 0 Å². The summed E-state index contributed by atoms with van der Waals surface area (Å²) in [7, 11) is 0. The van der Waals surface area contributed by atoms with Crippen LogP contribution < -0.4 is 5.32 Å². The maximum absolute atomic E-state index is 5.42. The van der Waals surface area contributed by atoms with Crippen LogP contribution in [0.5, 0.6) is 0 Å². The number of likely N-dealkylation sites (tertiary alicyclic amines) is 1. The molecular formula is C12H24N2O. The van der Waals surface area contributed by atoms with Crippen LogP contribution in [0.4, 0.5) is 0 Å². The van der Waals surface area contributed by atoms with Crippen molar-refractivity contribution in [3.05, 3.63) is 0 Å². The first-order chi connectivity index (χ1) is 7.38. The van der Waals surface area contributed by atoms with Crippen LogP contribution >= 0.6 is 0 Å². The summed E-state index contributed by atoms with van der Waals surface area (Å²) in [5.74, 6) is 0.806. The number of nitrogens with one attached hydrogen (secondary N) is 1. The van der Waals surface area contributed by atoms with E-state index in [1.807, 2.05) is 0 Å². The summed E-state index contributed by atoms with van der Waals surface area (Å²) in [5, 5.41) is 3.55. The number of ether oxygens (including phenoxy) is 1. The Hall–Kier alpha value is -0.120. The Labute approximate surface area is 93.2 Å². The fraction of sp³-hybridized carbons (Fsp3) is 1.00. The number of piperidine rings is 1. The zero-order valence-electron chi connectivity index (χ0n) is 9.87. The lowest BCUT2D eigenvalue weighted by Gasteiger charge is -2.33. The Morgan fingerprint density at radius 2 is 2.07 bits per heavy atom. The highest BCUT2D eigenvalue weighted by molar-refractivity contribution is 4.79. The van der Waals surface area contributed by atoms with Crippen molar-refractivity contribution < 1.29 is 4.74 Å². The molecule has 88 valence electrons. The molecule has 2 saturated heterocycles. The summed E-state index contributed by atoms with van der Waals surface area (Å²) in [5.41, 5.74) is 0. The third-order valence-corrected chi connectivity index (χ3v) is 3.62. The van der Waals surface area contributed by atoms with E-state index in [1.165, 1.54) is 38.9 Å². The van der Waals surface area contributed by atoms with Crippen LogP contribution in [0, 0.1) is 5.92 Å². The molecule has 1 N–H and O–H groups in total. The molecule has 0 aromatic heterocycles. The summed E-state index contributed by atoms with van der Waals surface area (Å²) < 4.78 is 5.42. The second-order valence-corrected chi connectivity index (χ2v) is 4.86. The molecule has 0 spiro atoms. The van der Waals surface area contributed by atoms with Crippen molar-refractivity contribution in [2.45, 2.75) is 32.2 Å². The Kier molecular flexibility index (Phi) is 4.42. The van der Waals surface area contributed by atoms with Crippen molar-refractivity contribution in [3.63, 3.8) is 0 Å². The highest BCUT2D eigenvalue weighted by Gasteiger charge is 2.23. The fourth-order valence-electron chi connectivity index (χ4n) is 2.70. The van der Waals surface area contributed by atoms with Crippen molar-refractivity contribution in [3.8, 4) is 0 Å². The Morgan fingerprint density at radius 3 is 2.67 bits per heavy atom. The fourth-order valence-corrected chi connectivity index (χ4v) is 2.70. The van der Waals surface area contributed by atoms with Gasteiger partial charge in [-0.3, -0.25) is 0 Å². The minimum atomic E-state index is 0.770. The predicted octanol–water partition coefficient (Wildman–Crippen LogP) is 1.10. The maximum atomic E-state index is 5.42. The summed E-state index contributed by atoms with van der Waals surface area (Å²) in [6, 6.07) is 0.770. The van der Waals surface area contributed by atoms with Gasteiger partial charge in [-0.15, -0.1) is 0 Å². The standard InChI is InChI=1S/C12H24N2O/c1-2-13-12-3-6-14(7-4-12)9-11-5-8-15-10-11/h11-13H,2-10H2,1H3. The summed E-state index contributed by atoms with van der Waals surface area (Å²) in [6.07, 6.45) is 3.91. The lowest BCUT2D eigenvalue weighted by molar-refractivity contribution is 0.148. The van der Waals surface area contributed by atoms with E-state index in [-0.39, 0.29) is 0 Å². The van der Waals surface area contributed by atoms with Gasteiger partial charge in [-0.1, -0.05) is 6.92 Å². The molecule has 15 heavy (non-hydrogen) atoms. The third-order valence-electron chi connectivity index (χ3n) is 3.62. The van der Waals surface area contributed by atoms with Gasteiger partial charge in [-0.05, 0) is 44.8 Å². The first kappa shape index (κ1) is 11.4. The van der Waals surface area contributed by atoms with Gasteiger partial charge in [0.05, 0.1) is 6.61 Å². The monoisotopic (exact) mass is 212 g/mol. The maximum Gasteiger partial charge on any atom is 0.0507 e. The minimum Gasteiger partial charge on any atom is -0.381 e. The van der Waals surface area contributed by atoms with Crippen LogP contribution in [0.15, 0.2) is 0 Å². The van der Waals surface area contributed by atoms with Gasteiger partial charge < -0.3 is 15.0 Å². The third kappa shape index (κ3) is 3.44. The summed E-state index contributed by atoms with van der Waals surface area (Å²) in [4.78, 5) is 2.62. The molecule has 3 nitrogen and oxygen atoms in total. The molecule has 2 aliphatic heterocycles. The number of hydrogen-bond acceptors (Lipinski definition) is 3. The van der Waals surface area contributed by atoms with Crippen LogP contribution in [0.25, 0.3) is 0 Å². The van der Waals surface area contributed by atoms with Crippen molar-refractivity contribution in [2.24, 2.45) is 5.92 Å². The van der Waals surface area contributed by atoms with Gasteiger partial charge in [0.15, 0.2) is 0 Å². The average Bonchev–Trinajstić information content (AvgIpc) is 2.74. The lowest BCUT2D eigenvalue weighted by Crippen LogP contribution is -2.44. The van der Waals surface area contributed by atoms with Crippen molar-refractivity contribution in [1.29, 1.82) is 0 Å². The molecule has 0 radical (unpaired) electrons. The van der Waals surface area contributed by atoms with Crippen LogP contribution in [0.1, 0.15) is 26.2 Å². The van der Waals surface area contributed by atoms with E-state index in [0.717, 1.165) is 31.7 Å². The van der Waals surface area contributed by atoms with Crippen LogP contribution in [0.2, 0.25) is 0 Å². The van der Waals surface area contributed by atoms with Gasteiger partial charge in [0, 0.05) is 19.2 Å². The van der Waals surface area contributed by atoms with E-state index in [2.05, 4.69) is 17.1 Å². The highest BCUT2D eigenvalue weighted by Crippen LogP contribution is 2.17. The zero-order valence-corrected chi connectivity index (χ0v) is 9.87. The number of hydrogen-bond donors (Lipinski definition) is 1. The molecule has 1 atom stereocenters. The Bertz CT molecular complexity index is 172. The molecular weight excluding hydrogens is 188 g/mol. The first-order valence-electron chi connectivity index (χ1n) is 6.42. The van der Waals surface area contributed by atoms with Gasteiger partial charge in [-0.2, -0.15) is 0 Å². The molecule has 0 saturated carbocycles. The lowest BCUT2D eigenvalue weighted by atomic mass is 10.0. The molecule has 0 aromatic rings. The second-order valence-electron chi connectivity index (χ2n) is 4.86. The molecule has 2 fully saturated rings. The Balaban J connectivity index is 1.64. The van der Waals surface area contributed by atoms with Gasteiger partial charge >= 0.3 is 0 Å². The van der Waals surface area contributed by atoms with Crippen LogP contribution in [-0.2, 0) is 4.74 Å². The summed E-state index contributed by atoms with van der Waals surface area (Å²) >= 11 is 0. The topological polar surface area (TPSA) is 24.5 Å². The van der Waals surface area contributed by atoms with Crippen LogP contribution in [-0.4, -0.2) is 50.3 Å². The van der Waals surface area contributed by atoms with E-state index in [9.17, 15) is 0 Å². The number of nitrogens with zero attached hydrogens (tertiary/aromatic N) is 1. The SMILES string of the molecule is CCNC1CCN(CC2CCOC2)CC1. The normalized spacial score (nSPS) is 29.8. The second kappa shape index (κ2) is 5.83. The van der Waals surface area contributed by atoms with Crippen molar-refractivity contribution >= 4 is 0 Å². The van der Waals surface area contributed by atoms with Gasteiger partial charge in [0.2, 0.25) is 0 Å². The molecule has 1 unspecified atom stereocenters.